The van der Waals surface area contributed by atoms with E-state index in [0.29, 0.717) is 18.9 Å². The second-order valence-electron chi connectivity index (χ2n) is 7.21. The molecule has 2 heterocycles. The first-order valence-corrected chi connectivity index (χ1v) is 9.60. The Hall–Kier alpha value is -2.14. The summed E-state index contributed by atoms with van der Waals surface area (Å²) in [4.78, 5) is 14.8. The Kier molecular flexibility index (Phi) is 6.45. The number of likely N-dealkylation sites (tertiary alicyclic amines) is 1. The molecule has 1 amide bonds. The first-order chi connectivity index (χ1) is 12.6. The largest absolute Gasteiger partial charge is 0.361 e. The van der Waals surface area contributed by atoms with Gasteiger partial charge in [0.15, 0.2) is 0 Å². The average Bonchev–Trinajstić information content (AvgIpc) is 2.98. The van der Waals surface area contributed by atoms with Crippen LogP contribution in [-0.2, 0) is 17.8 Å². The van der Waals surface area contributed by atoms with Gasteiger partial charge in [0.25, 0.3) is 0 Å². The lowest BCUT2D eigenvalue weighted by molar-refractivity contribution is -0.121. The monoisotopic (exact) mass is 355 g/mol. The van der Waals surface area contributed by atoms with Crippen molar-refractivity contribution in [2.75, 3.05) is 13.1 Å². The van der Waals surface area contributed by atoms with Crippen LogP contribution < -0.4 is 5.32 Å². The molecular weight excluding hydrogens is 326 g/mol. The van der Waals surface area contributed by atoms with Crippen LogP contribution in [0.3, 0.4) is 0 Å². The molecular formula is C21H29N3O2. The highest BCUT2D eigenvalue weighted by Gasteiger charge is 2.23. The molecule has 1 N–H and O–H groups in total. The van der Waals surface area contributed by atoms with Gasteiger partial charge in [0.05, 0.1) is 5.69 Å². The molecule has 1 fully saturated rings. The summed E-state index contributed by atoms with van der Waals surface area (Å²) in [5.41, 5.74) is 3.28. The van der Waals surface area contributed by atoms with Crippen LogP contribution in [0.15, 0.2) is 34.9 Å². The van der Waals surface area contributed by atoms with E-state index in [1.165, 1.54) is 18.4 Å². The number of rotatable bonds is 7. The van der Waals surface area contributed by atoms with Gasteiger partial charge in [0, 0.05) is 31.1 Å². The van der Waals surface area contributed by atoms with Crippen molar-refractivity contribution in [3.63, 3.8) is 0 Å². The van der Waals surface area contributed by atoms with Crippen molar-refractivity contribution < 1.29 is 9.32 Å². The van der Waals surface area contributed by atoms with E-state index in [0.717, 1.165) is 43.1 Å². The Labute approximate surface area is 155 Å². The van der Waals surface area contributed by atoms with Crippen molar-refractivity contribution in [3.8, 4) is 0 Å². The standard InChI is InChI=1S/C21H29N3O2/c1-16-20(17(2)26-23-16)11-12-21(25)22-14-19-10-6-7-13-24(19)15-18-8-4-3-5-9-18/h3-5,8-9,19H,6-7,10-15H2,1-2H3,(H,22,25)/t19-/m1/s1. The minimum absolute atomic E-state index is 0.107. The molecule has 1 saturated heterocycles. The molecule has 1 aliphatic rings. The van der Waals surface area contributed by atoms with Gasteiger partial charge < -0.3 is 9.84 Å². The van der Waals surface area contributed by atoms with E-state index >= 15 is 0 Å². The molecule has 140 valence electrons. The maximum atomic E-state index is 12.3. The van der Waals surface area contributed by atoms with Crippen LogP contribution in [0.4, 0.5) is 0 Å². The highest BCUT2D eigenvalue weighted by molar-refractivity contribution is 5.76. The molecule has 0 aliphatic carbocycles. The lowest BCUT2D eigenvalue weighted by Gasteiger charge is -2.36. The van der Waals surface area contributed by atoms with E-state index in [4.69, 9.17) is 4.52 Å². The molecule has 0 radical (unpaired) electrons. The van der Waals surface area contributed by atoms with Gasteiger partial charge in [-0.15, -0.1) is 0 Å². The van der Waals surface area contributed by atoms with E-state index in [9.17, 15) is 4.79 Å². The Morgan fingerprint density at radius 1 is 1.27 bits per heavy atom. The zero-order valence-corrected chi connectivity index (χ0v) is 15.8. The molecule has 1 aliphatic heterocycles. The van der Waals surface area contributed by atoms with E-state index in [1.807, 2.05) is 13.8 Å². The molecule has 0 spiro atoms. The van der Waals surface area contributed by atoms with Crippen molar-refractivity contribution >= 4 is 5.91 Å². The van der Waals surface area contributed by atoms with Crippen LogP contribution in [0.5, 0.6) is 0 Å². The number of hydrogen-bond acceptors (Lipinski definition) is 4. The summed E-state index contributed by atoms with van der Waals surface area (Å²) < 4.78 is 5.16. The lowest BCUT2D eigenvalue weighted by Crippen LogP contribution is -2.46. The van der Waals surface area contributed by atoms with Crippen molar-refractivity contribution in [1.82, 2.24) is 15.4 Å². The van der Waals surface area contributed by atoms with E-state index < -0.39 is 0 Å². The minimum Gasteiger partial charge on any atom is -0.361 e. The SMILES string of the molecule is Cc1noc(C)c1CCC(=O)NC[C@H]1CCCCN1Cc1ccccc1. The number of nitrogens with zero attached hydrogens (tertiary/aromatic N) is 2. The van der Waals surface area contributed by atoms with Gasteiger partial charge in [-0.05, 0) is 45.2 Å². The van der Waals surface area contributed by atoms with Gasteiger partial charge in [-0.3, -0.25) is 9.69 Å². The molecule has 2 aromatic rings. The van der Waals surface area contributed by atoms with Crippen LogP contribution >= 0.6 is 0 Å². The Balaban J connectivity index is 1.48. The third kappa shape index (κ3) is 4.94. The molecule has 5 heteroatoms. The smallest absolute Gasteiger partial charge is 0.220 e. The molecule has 0 unspecified atom stereocenters. The summed E-state index contributed by atoms with van der Waals surface area (Å²) in [7, 11) is 0. The molecule has 0 saturated carbocycles. The lowest BCUT2D eigenvalue weighted by atomic mass is 10.0. The highest BCUT2D eigenvalue weighted by atomic mass is 16.5. The quantitative estimate of drug-likeness (QED) is 0.827. The Morgan fingerprint density at radius 3 is 2.81 bits per heavy atom. The number of benzene rings is 1. The van der Waals surface area contributed by atoms with Gasteiger partial charge >= 0.3 is 0 Å². The highest BCUT2D eigenvalue weighted by Crippen LogP contribution is 2.19. The Morgan fingerprint density at radius 2 is 2.08 bits per heavy atom. The van der Waals surface area contributed by atoms with E-state index in [-0.39, 0.29) is 5.91 Å². The van der Waals surface area contributed by atoms with Crippen molar-refractivity contribution in [2.24, 2.45) is 0 Å². The van der Waals surface area contributed by atoms with Gasteiger partial charge in [-0.2, -0.15) is 0 Å². The first kappa shape index (κ1) is 18.6. The van der Waals surface area contributed by atoms with Gasteiger partial charge in [-0.25, -0.2) is 0 Å². The summed E-state index contributed by atoms with van der Waals surface area (Å²) in [6.07, 6.45) is 4.80. The van der Waals surface area contributed by atoms with Gasteiger partial charge in [0.1, 0.15) is 5.76 Å². The van der Waals surface area contributed by atoms with Crippen LogP contribution in [0.2, 0.25) is 0 Å². The summed E-state index contributed by atoms with van der Waals surface area (Å²) in [5.74, 6) is 0.923. The average molecular weight is 355 g/mol. The summed E-state index contributed by atoms with van der Waals surface area (Å²) in [5, 5.41) is 7.09. The summed E-state index contributed by atoms with van der Waals surface area (Å²) in [6, 6.07) is 11.0. The van der Waals surface area contributed by atoms with E-state index in [1.54, 1.807) is 0 Å². The normalized spacial score (nSPS) is 18.0. The molecule has 26 heavy (non-hydrogen) atoms. The number of hydrogen-bond donors (Lipinski definition) is 1. The molecule has 5 nitrogen and oxygen atoms in total. The van der Waals surface area contributed by atoms with Gasteiger partial charge in [0.2, 0.25) is 5.91 Å². The number of piperidine rings is 1. The van der Waals surface area contributed by atoms with E-state index in [2.05, 4.69) is 45.7 Å². The molecule has 1 atom stereocenters. The van der Waals surface area contributed by atoms with Crippen molar-refractivity contribution in [2.45, 2.75) is 58.5 Å². The van der Waals surface area contributed by atoms with Crippen LogP contribution in [0, 0.1) is 13.8 Å². The summed E-state index contributed by atoms with van der Waals surface area (Å²) >= 11 is 0. The second kappa shape index (κ2) is 8.99. The maximum absolute atomic E-state index is 12.3. The topological polar surface area (TPSA) is 58.4 Å². The zero-order chi connectivity index (χ0) is 18.4. The molecule has 3 rings (SSSR count). The number of carbonyl (C=O) groups excluding carboxylic acids is 1. The predicted molar refractivity (Wildman–Crippen MR) is 102 cm³/mol. The fraction of sp³-hybridized carbons (Fsp3) is 0.524. The zero-order valence-electron chi connectivity index (χ0n) is 15.8. The van der Waals surface area contributed by atoms with Gasteiger partial charge in [-0.1, -0.05) is 41.9 Å². The second-order valence-corrected chi connectivity index (χ2v) is 7.21. The number of amides is 1. The Bertz CT molecular complexity index is 692. The first-order valence-electron chi connectivity index (χ1n) is 9.60. The molecule has 1 aromatic heterocycles. The molecule has 0 bridgehead atoms. The van der Waals surface area contributed by atoms with Crippen LogP contribution in [-0.4, -0.2) is 35.1 Å². The number of aryl methyl sites for hydroxylation is 2. The number of nitrogens with one attached hydrogen (secondary N) is 1. The predicted octanol–water partition coefficient (Wildman–Crippen LogP) is 3.39. The minimum atomic E-state index is 0.107. The van der Waals surface area contributed by atoms with Crippen molar-refractivity contribution in [1.29, 1.82) is 0 Å². The fourth-order valence-corrected chi connectivity index (χ4v) is 3.73. The van der Waals surface area contributed by atoms with Crippen LogP contribution in [0.1, 0.15) is 48.3 Å². The third-order valence-electron chi connectivity index (χ3n) is 5.30. The maximum Gasteiger partial charge on any atom is 0.220 e. The van der Waals surface area contributed by atoms with Crippen LogP contribution in [0.25, 0.3) is 0 Å². The third-order valence-corrected chi connectivity index (χ3v) is 5.30. The summed E-state index contributed by atoms with van der Waals surface area (Å²) in [6.45, 7) is 6.62. The fourth-order valence-electron chi connectivity index (χ4n) is 3.73. The molecule has 1 aromatic carbocycles. The number of carbonyl (C=O) groups is 1. The van der Waals surface area contributed by atoms with Crippen molar-refractivity contribution in [3.05, 3.63) is 52.9 Å². The number of aromatic nitrogens is 1.